The zero-order valence-electron chi connectivity index (χ0n) is 16.2. The summed E-state index contributed by atoms with van der Waals surface area (Å²) in [6, 6.07) is 17.5. The van der Waals surface area contributed by atoms with E-state index in [-0.39, 0.29) is 12.5 Å². The maximum Gasteiger partial charge on any atom is 0.259 e. The predicted molar refractivity (Wildman–Crippen MR) is 111 cm³/mol. The minimum absolute atomic E-state index is 0.161. The van der Waals surface area contributed by atoms with Crippen molar-refractivity contribution in [3.8, 4) is 5.75 Å². The van der Waals surface area contributed by atoms with Gasteiger partial charge in [-0.2, -0.15) is 5.10 Å². The summed E-state index contributed by atoms with van der Waals surface area (Å²) in [5.41, 5.74) is 5.50. The second-order valence-electron chi connectivity index (χ2n) is 6.23. The molecular formula is C22H29N3O2. The van der Waals surface area contributed by atoms with Crippen LogP contribution in [0.1, 0.15) is 45.1 Å². The van der Waals surface area contributed by atoms with Crippen LogP contribution in [0.2, 0.25) is 0 Å². The van der Waals surface area contributed by atoms with E-state index in [1.165, 1.54) is 0 Å². The van der Waals surface area contributed by atoms with Crippen LogP contribution in [0.3, 0.4) is 0 Å². The Labute approximate surface area is 161 Å². The zero-order valence-corrected chi connectivity index (χ0v) is 16.2. The molecule has 0 bridgehead atoms. The van der Waals surface area contributed by atoms with Gasteiger partial charge in [0.2, 0.25) is 0 Å². The summed E-state index contributed by atoms with van der Waals surface area (Å²) in [4.78, 5) is 12.1. The van der Waals surface area contributed by atoms with Crippen LogP contribution in [0.5, 0.6) is 5.75 Å². The van der Waals surface area contributed by atoms with Crippen molar-refractivity contribution in [2.24, 2.45) is 5.10 Å². The summed E-state index contributed by atoms with van der Waals surface area (Å²) in [6.45, 7) is 4.92. The van der Waals surface area contributed by atoms with Crippen molar-refractivity contribution < 1.29 is 9.53 Å². The van der Waals surface area contributed by atoms with Gasteiger partial charge in [-0.25, -0.2) is 5.43 Å². The number of unbranched alkanes of at least 4 members (excludes halogenated alkanes) is 2. The normalized spacial score (nSPS) is 11.1. The Kier molecular flexibility index (Phi) is 8.90. The fourth-order valence-electron chi connectivity index (χ4n) is 2.63. The van der Waals surface area contributed by atoms with Crippen molar-refractivity contribution in [2.75, 3.05) is 18.5 Å². The van der Waals surface area contributed by atoms with E-state index in [1.807, 2.05) is 61.5 Å². The molecule has 0 spiro atoms. The van der Waals surface area contributed by atoms with Gasteiger partial charge in [-0.1, -0.05) is 50.1 Å². The summed E-state index contributed by atoms with van der Waals surface area (Å²) in [7, 11) is 0. The fraction of sp³-hybridized carbons (Fsp3) is 0.364. The van der Waals surface area contributed by atoms with Gasteiger partial charge < -0.3 is 10.1 Å². The Hall–Kier alpha value is -2.82. The van der Waals surface area contributed by atoms with Crippen LogP contribution in [-0.4, -0.2) is 24.8 Å². The van der Waals surface area contributed by atoms with Crippen molar-refractivity contribution in [1.82, 2.24) is 5.43 Å². The van der Waals surface area contributed by atoms with Gasteiger partial charge in [0, 0.05) is 5.69 Å². The van der Waals surface area contributed by atoms with Crippen molar-refractivity contribution >= 4 is 17.3 Å². The van der Waals surface area contributed by atoms with E-state index in [1.54, 1.807) is 0 Å². The fourth-order valence-corrected chi connectivity index (χ4v) is 2.63. The second-order valence-corrected chi connectivity index (χ2v) is 6.23. The molecule has 0 aliphatic carbocycles. The molecule has 0 radical (unpaired) electrons. The first-order chi connectivity index (χ1) is 13.2. The third-order valence-corrected chi connectivity index (χ3v) is 4.06. The van der Waals surface area contributed by atoms with Gasteiger partial charge in [0.15, 0.2) is 0 Å². The number of nitrogens with zero attached hydrogens (tertiary/aromatic N) is 1. The third-order valence-electron chi connectivity index (χ3n) is 4.06. The molecule has 0 aliphatic rings. The average molecular weight is 367 g/mol. The molecule has 2 aromatic carbocycles. The Morgan fingerprint density at radius 3 is 2.41 bits per heavy atom. The number of nitrogens with one attached hydrogen (secondary N) is 2. The molecule has 1 amide bonds. The molecule has 0 saturated carbocycles. The number of anilines is 1. The summed E-state index contributed by atoms with van der Waals surface area (Å²) in [5.74, 6) is 0.643. The third kappa shape index (κ3) is 7.52. The van der Waals surface area contributed by atoms with E-state index in [2.05, 4.69) is 22.8 Å². The van der Waals surface area contributed by atoms with Crippen LogP contribution in [0.15, 0.2) is 59.7 Å². The van der Waals surface area contributed by atoms with Gasteiger partial charge in [-0.15, -0.1) is 0 Å². The van der Waals surface area contributed by atoms with E-state index < -0.39 is 0 Å². The van der Waals surface area contributed by atoms with Crippen molar-refractivity contribution in [3.63, 3.8) is 0 Å². The lowest BCUT2D eigenvalue weighted by atomic mass is 10.0. The molecule has 0 saturated heterocycles. The SMILES string of the molecule is CCCCC/C(=N/NC(=O)CNc1ccc(OCC)cc1)c1ccccc1. The van der Waals surface area contributed by atoms with Gasteiger partial charge >= 0.3 is 0 Å². The van der Waals surface area contributed by atoms with Crippen LogP contribution in [0, 0.1) is 0 Å². The maximum atomic E-state index is 12.1. The van der Waals surface area contributed by atoms with Crippen LogP contribution in [0.4, 0.5) is 5.69 Å². The summed E-state index contributed by atoms with van der Waals surface area (Å²) in [5, 5.41) is 7.47. The van der Waals surface area contributed by atoms with Crippen molar-refractivity contribution in [1.29, 1.82) is 0 Å². The molecule has 0 fully saturated rings. The van der Waals surface area contributed by atoms with Crippen LogP contribution in [-0.2, 0) is 4.79 Å². The lowest BCUT2D eigenvalue weighted by molar-refractivity contribution is -0.119. The van der Waals surface area contributed by atoms with E-state index in [9.17, 15) is 4.79 Å². The highest BCUT2D eigenvalue weighted by Crippen LogP contribution is 2.15. The van der Waals surface area contributed by atoms with E-state index in [0.717, 1.165) is 48.4 Å². The van der Waals surface area contributed by atoms with E-state index in [0.29, 0.717) is 6.61 Å². The van der Waals surface area contributed by atoms with Crippen LogP contribution in [0.25, 0.3) is 0 Å². The summed E-state index contributed by atoms with van der Waals surface area (Å²) < 4.78 is 5.41. The number of hydrazone groups is 1. The van der Waals surface area contributed by atoms with Crippen molar-refractivity contribution in [3.05, 3.63) is 60.2 Å². The number of hydrogen-bond donors (Lipinski definition) is 2. The molecule has 5 heteroatoms. The molecule has 2 N–H and O–H groups in total. The molecule has 0 aliphatic heterocycles. The first-order valence-electron chi connectivity index (χ1n) is 9.60. The predicted octanol–water partition coefficient (Wildman–Crippen LogP) is 4.60. The highest BCUT2D eigenvalue weighted by Gasteiger charge is 2.05. The van der Waals surface area contributed by atoms with Gasteiger partial charge in [0.05, 0.1) is 18.9 Å². The molecule has 0 atom stereocenters. The minimum Gasteiger partial charge on any atom is -0.494 e. The molecule has 0 unspecified atom stereocenters. The molecule has 2 aromatic rings. The monoisotopic (exact) mass is 367 g/mol. The number of amides is 1. The van der Waals surface area contributed by atoms with Crippen LogP contribution < -0.4 is 15.5 Å². The Morgan fingerprint density at radius 1 is 1.00 bits per heavy atom. The Bertz CT molecular complexity index is 712. The average Bonchev–Trinajstić information content (AvgIpc) is 2.71. The molecule has 27 heavy (non-hydrogen) atoms. The lowest BCUT2D eigenvalue weighted by Crippen LogP contribution is -2.27. The highest BCUT2D eigenvalue weighted by molar-refractivity contribution is 6.01. The molecule has 2 rings (SSSR count). The van der Waals surface area contributed by atoms with E-state index in [4.69, 9.17) is 4.74 Å². The summed E-state index contributed by atoms with van der Waals surface area (Å²) >= 11 is 0. The molecular weight excluding hydrogens is 338 g/mol. The first kappa shape index (κ1) is 20.5. The minimum atomic E-state index is -0.173. The van der Waals surface area contributed by atoms with Gasteiger partial charge in [-0.05, 0) is 49.6 Å². The topological polar surface area (TPSA) is 62.7 Å². The number of benzene rings is 2. The molecule has 5 nitrogen and oxygen atoms in total. The number of rotatable bonds is 11. The first-order valence-corrected chi connectivity index (χ1v) is 9.60. The quantitative estimate of drug-likeness (QED) is 0.347. The Balaban J connectivity index is 1.89. The van der Waals surface area contributed by atoms with Gasteiger partial charge in [0.1, 0.15) is 5.75 Å². The second kappa shape index (κ2) is 11.7. The molecule has 0 heterocycles. The standard InChI is InChI=1S/C22H29N3O2/c1-3-5-7-12-21(18-10-8-6-9-11-18)24-25-22(26)17-23-19-13-15-20(16-14-19)27-4-2/h6,8-11,13-16,23H,3-5,7,12,17H2,1-2H3,(H,25,26)/b24-21-. The molecule has 0 aromatic heterocycles. The number of ether oxygens (including phenoxy) is 1. The number of hydrogen-bond acceptors (Lipinski definition) is 4. The number of carbonyl (C=O) groups is 1. The summed E-state index contributed by atoms with van der Waals surface area (Å²) in [6.07, 6.45) is 4.22. The van der Waals surface area contributed by atoms with Gasteiger partial charge in [-0.3, -0.25) is 4.79 Å². The maximum absolute atomic E-state index is 12.1. The lowest BCUT2D eigenvalue weighted by Gasteiger charge is -2.09. The zero-order chi connectivity index (χ0) is 19.3. The largest absolute Gasteiger partial charge is 0.494 e. The van der Waals surface area contributed by atoms with E-state index >= 15 is 0 Å². The smallest absolute Gasteiger partial charge is 0.259 e. The Morgan fingerprint density at radius 2 is 1.74 bits per heavy atom. The van der Waals surface area contributed by atoms with Gasteiger partial charge in [0.25, 0.3) is 5.91 Å². The van der Waals surface area contributed by atoms with Crippen molar-refractivity contribution in [2.45, 2.75) is 39.5 Å². The highest BCUT2D eigenvalue weighted by atomic mass is 16.5. The number of carbonyl (C=O) groups excluding carboxylic acids is 1. The molecule has 144 valence electrons. The van der Waals surface area contributed by atoms with Crippen LogP contribution >= 0.6 is 0 Å².